The summed E-state index contributed by atoms with van der Waals surface area (Å²) in [6, 6.07) is 7.74. The Morgan fingerprint density at radius 3 is 2.59 bits per heavy atom. The van der Waals surface area contributed by atoms with E-state index in [1.165, 1.54) is 17.8 Å². The highest BCUT2D eigenvalue weighted by atomic mass is 35.5. The van der Waals surface area contributed by atoms with Gasteiger partial charge in [0.1, 0.15) is 36.5 Å². The molecule has 2 aromatic heterocycles. The molecule has 0 spiro atoms. The molecule has 14 nitrogen and oxygen atoms in total. The third kappa shape index (κ3) is 7.68. The maximum atomic E-state index is 13.8. The third-order valence-electron chi connectivity index (χ3n) is 7.34. The number of para-hydroxylation sites is 1. The average molecular weight is 653 g/mol. The molecule has 1 unspecified atom stereocenters. The smallest absolute Gasteiger partial charge is 0.342 e. The van der Waals surface area contributed by atoms with E-state index in [2.05, 4.69) is 25.4 Å². The minimum absolute atomic E-state index is 0.000776. The molecule has 44 heavy (non-hydrogen) atoms. The summed E-state index contributed by atoms with van der Waals surface area (Å²) in [6.07, 6.45) is 0.123. The number of fused-ring (bicyclic) bond motifs is 1. The first-order chi connectivity index (χ1) is 21.0. The second-order valence-electron chi connectivity index (χ2n) is 11.3. The zero-order valence-electron chi connectivity index (χ0n) is 24.7. The first-order valence-electron chi connectivity index (χ1n) is 14.6. The maximum absolute atomic E-state index is 13.8. The second kappa shape index (κ2) is 14.1. The molecule has 5 rings (SSSR count). The number of hydrogen-bond acceptors (Lipinski definition) is 12. The van der Waals surface area contributed by atoms with Crippen LogP contribution in [0.3, 0.4) is 0 Å². The first-order valence-corrected chi connectivity index (χ1v) is 16.8. The van der Waals surface area contributed by atoms with Gasteiger partial charge in [-0.15, -0.1) is 0 Å². The molecule has 3 heterocycles. The van der Waals surface area contributed by atoms with E-state index in [1.807, 2.05) is 0 Å². The summed E-state index contributed by atoms with van der Waals surface area (Å²) in [5.74, 6) is 0.195. The number of esters is 1. The molecule has 4 N–H and O–H groups in total. The van der Waals surface area contributed by atoms with Gasteiger partial charge in [-0.3, -0.25) is 13.9 Å². The van der Waals surface area contributed by atoms with Crippen molar-refractivity contribution >= 4 is 42.1 Å². The number of aliphatic hydroxyl groups is 2. The predicted molar refractivity (Wildman–Crippen MR) is 161 cm³/mol. The van der Waals surface area contributed by atoms with Crippen LogP contribution in [-0.2, 0) is 23.6 Å². The quantitative estimate of drug-likeness (QED) is 0.120. The highest BCUT2D eigenvalue weighted by Gasteiger charge is 2.45. The minimum atomic E-state index is -3.83. The fourth-order valence-electron chi connectivity index (χ4n) is 5.25. The molecular weight excluding hydrogens is 615 g/mol. The van der Waals surface area contributed by atoms with Crippen molar-refractivity contribution < 1.29 is 38.3 Å². The largest absolute Gasteiger partial charge is 0.462 e. The number of aromatic nitrogens is 4. The first kappa shape index (κ1) is 32.6. The highest BCUT2D eigenvalue weighted by molar-refractivity contribution is 7.57. The number of hydrogen-bond donors (Lipinski definition) is 4. The SMILES string of the molecule is CC(C)OC(=O)[C@H](C)NP(=O)(COC[C@H]1O[C@@H](n2cnc3c(NC4CCCC4)nc(Cl)nc32)[C@H](O)[C@@H]1O)Oc1ccccc1. The predicted octanol–water partition coefficient (Wildman–Crippen LogP) is 3.63. The van der Waals surface area contributed by atoms with Crippen LogP contribution in [0.25, 0.3) is 11.2 Å². The van der Waals surface area contributed by atoms with Crippen LogP contribution in [0.15, 0.2) is 36.7 Å². The van der Waals surface area contributed by atoms with Gasteiger partial charge >= 0.3 is 13.5 Å². The molecule has 2 fully saturated rings. The Morgan fingerprint density at radius 2 is 1.89 bits per heavy atom. The Morgan fingerprint density at radius 1 is 1.16 bits per heavy atom. The average Bonchev–Trinajstić information content (AvgIpc) is 3.70. The van der Waals surface area contributed by atoms with Crippen LogP contribution >= 0.6 is 19.1 Å². The van der Waals surface area contributed by atoms with Crippen molar-refractivity contribution in [1.82, 2.24) is 24.6 Å². The number of imidazole rings is 1. The summed E-state index contributed by atoms with van der Waals surface area (Å²) in [7, 11) is -3.83. The lowest BCUT2D eigenvalue weighted by atomic mass is 10.1. The second-order valence-corrected chi connectivity index (χ2v) is 13.6. The van der Waals surface area contributed by atoms with Crippen LogP contribution in [0, 0.1) is 0 Å². The summed E-state index contributed by atoms with van der Waals surface area (Å²) >= 11 is 6.24. The Hall–Kier alpha value is -2.84. The summed E-state index contributed by atoms with van der Waals surface area (Å²) in [6.45, 7) is 4.68. The van der Waals surface area contributed by atoms with E-state index in [1.54, 1.807) is 44.2 Å². The molecule has 1 saturated heterocycles. The lowest BCUT2D eigenvalue weighted by molar-refractivity contribution is -0.149. The van der Waals surface area contributed by atoms with Crippen LogP contribution in [0.2, 0.25) is 5.28 Å². The van der Waals surface area contributed by atoms with Gasteiger partial charge in [0.05, 0.1) is 19.0 Å². The zero-order valence-corrected chi connectivity index (χ0v) is 26.4. The standard InChI is InChI=1S/C28H38ClN6O8P/c1-16(2)41-27(38)17(3)34-44(39,43-19-11-5-4-6-12-19)15-40-13-20-22(36)23(37)26(42-20)35-14-30-21-24(31-18-9-7-8-10-18)32-28(29)33-25(21)35/h4-6,11-12,14,16-18,20,22-23,26,36-37H,7-10,13,15H2,1-3H3,(H,34,39)(H,31,32,33)/t17-,20+,22+,23+,26+,44?/m0/s1. The molecule has 240 valence electrons. The van der Waals surface area contributed by atoms with E-state index in [4.69, 9.17) is 30.3 Å². The molecule has 1 aliphatic heterocycles. The topological polar surface area (TPSA) is 179 Å². The van der Waals surface area contributed by atoms with Gasteiger partial charge in [-0.1, -0.05) is 31.0 Å². The maximum Gasteiger partial charge on any atom is 0.342 e. The molecule has 2 aliphatic rings. The van der Waals surface area contributed by atoms with Crippen molar-refractivity contribution in [2.45, 2.75) is 89.2 Å². The van der Waals surface area contributed by atoms with E-state index in [-0.39, 0.29) is 24.0 Å². The summed E-state index contributed by atoms with van der Waals surface area (Å²) < 4.78 is 38.0. The van der Waals surface area contributed by atoms with Gasteiger partial charge in [0.25, 0.3) is 0 Å². The molecule has 6 atom stereocenters. The van der Waals surface area contributed by atoms with Crippen molar-refractivity contribution in [3.05, 3.63) is 41.9 Å². The van der Waals surface area contributed by atoms with Gasteiger partial charge in [0.2, 0.25) is 5.28 Å². The van der Waals surface area contributed by atoms with Gasteiger partial charge in [-0.05, 0) is 57.3 Å². The van der Waals surface area contributed by atoms with Crippen molar-refractivity contribution in [2.24, 2.45) is 0 Å². The lowest BCUT2D eigenvalue weighted by Crippen LogP contribution is -2.37. The number of ether oxygens (including phenoxy) is 3. The Labute approximate surface area is 259 Å². The Balaban J connectivity index is 1.27. The molecule has 0 bridgehead atoms. The van der Waals surface area contributed by atoms with Crippen molar-refractivity contribution in [2.75, 3.05) is 18.3 Å². The van der Waals surface area contributed by atoms with Gasteiger partial charge < -0.3 is 34.3 Å². The molecular formula is C28H38ClN6O8P. The minimum Gasteiger partial charge on any atom is -0.462 e. The summed E-state index contributed by atoms with van der Waals surface area (Å²) in [5, 5.41) is 27.9. The number of carbonyl (C=O) groups excluding carboxylic acids is 1. The molecule has 16 heteroatoms. The normalized spacial score (nSPS) is 24.4. The Kier molecular flexibility index (Phi) is 10.4. The molecule has 0 amide bonds. The number of benzene rings is 1. The van der Waals surface area contributed by atoms with E-state index in [0.717, 1.165) is 25.7 Å². The number of aliphatic hydroxyl groups excluding tert-OH is 2. The van der Waals surface area contributed by atoms with Crippen LogP contribution in [0.1, 0.15) is 52.7 Å². The lowest BCUT2D eigenvalue weighted by Gasteiger charge is -2.24. The number of anilines is 1. The monoisotopic (exact) mass is 652 g/mol. The van der Waals surface area contributed by atoms with Crippen LogP contribution in [0.4, 0.5) is 5.82 Å². The molecule has 3 aromatic rings. The van der Waals surface area contributed by atoms with Gasteiger partial charge in [0.15, 0.2) is 23.2 Å². The van der Waals surface area contributed by atoms with Gasteiger partial charge in [-0.25, -0.2) is 10.1 Å². The number of carbonyl (C=O) groups is 1. The van der Waals surface area contributed by atoms with Gasteiger partial charge in [-0.2, -0.15) is 9.97 Å². The third-order valence-corrected chi connectivity index (χ3v) is 9.31. The highest BCUT2D eigenvalue weighted by Crippen LogP contribution is 2.44. The number of rotatable bonds is 13. The fraction of sp³-hybridized carbons (Fsp3) is 0.571. The van der Waals surface area contributed by atoms with Gasteiger partial charge in [0, 0.05) is 6.04 Å². The zero-order chi connectivity index (χ0) is 31.4. The van der Waals surface area contributed by atoms with Crippen LogP contribution < -0.4 is 14.9 Å². The molecule has 1 aromatic carbocycles. The molecule has 1 saturated carbocycles. The van der Waals surface area contributed by atoms with E-state index < -0.39 is 50.4 Å². The number of nitrogens with one attached hydrogen (secondary N) is 2. The van der Waals surface area contributed by atoms with Crippen LogP contribution in [0.5, 0.6) is 5.75 Å². The molecule has 1 aliphatic carbocycles. The van der Waals surface area contributed by atoms with E-state index in [9.17, 15) is 19.6 Å². The van der Waals surface area contributed by atoms with Crippen LogP contribution in [-0.4, -0.2) is 85.2 Å². The molecule has 0 radical (unpaired) electrons. The van der Waals surface area contributed by atoms with E-state index >= 15 is 0 Å². The Bertz CT molecular complexity index is 1470. The van der Waals surface area contributed by atoms with Crippen molar-refractivity contribution in [3.63, 3.8) is 0 Å². The van der Waals surface area contributed by atoms with Crippen molar-refractivity contribution in [1.29, 1.82) is 0 Å². The number of nitrogens with zero attached hydrogens (tertiary/aromatic N) is 4. The summed E-state index contributed by atoms with van der Waals surface area (Å²) in [4.78, 5) is 25.5. The summed E-state index contributed by atoms with van der Waals surface area (Å²) in [5.41, 5.74) is 0.789. The number of halogens is 1. The van der Waals surface area contributed by atoms with Crippen molar-refractivity contribution in [3.8, 4) is 5.75 Å². The fourth-order valence-corrected chi connectivity index (χ4v) is 7.10. The van der Waals surface area contributed by atoms with E-state index in [0.29, 0.717) is 22.7 Å².